The number of para-hydroxylation sites is 1. The van der Waals surface area contributed by atoms with Gasteiger partial charge in [0.05, 0.1) is 11.3 Å². The Kier molecular flexibility index (Phi) is 9.49. The van der Waals surface area contributed by atoms with Crippen LogP contribution in [-0.2, 0) is 24.4 Å². The lowest BCUT2D eigenvalue weighted by atomic mass is 9.92. The van der Waals surface area contributed by atoms with Crippen LogP contribution in [-0.4, -0.2) is 71.0 Å². The van der Waals surface area contributed by atoms with Crippen molar-refractivity contribution in [2.24, 2.45) is 5.92 Å². The molecule has 3 N–H and O–H groups in total. The van der Waals surface area contributed by atoms with Gasteiger partial charge in [-0.1, -0.05) is 68.5 Å². The van der Waals surface area contributed by atoms with Gasteiger partial charge in [-0.2, -0.15) is 0 Å². The second-order valence-corrected chi connectivity index (χ2v) is 17.1. The molecule has 266 valence electrons. The van der Waals surface area contributed by atoms with Gasteiger partial charge in [0.25, 0.3) is 5.91 Å². The van der Waals surface area contributed by atoms with E-state index in [4.69, 9.17) is 4.74 Å². The van der Waals surface area contributed by atoms with E-state index >= 15 is 0 Å². The minimum atomic E-state index is -3.92. The zero-order chi connectivity index (χ0) is 34.9. The number of hydrogen-bond acceptors (Lipinski definition) is 8. The Morgan fingerprint density at radius 3 is 2.46 bits per heavy atom. The van der Waals surface area contributed by atoms with Crippen molar-refractivity contribution in [2.45, 2.75) is 112 Å². The summed E-state index contributed by atoms with van der Waals surface area (Å²) >= 11 is 0. The van der Waals surface area contributed by atoms with E-state index in [2.05, 4.69) is 20.3 Å². The maximum Gasteiger partial charge on any atom is 0.259 e. The van der Waals surface area contributed by atoms with Gasteiger partial charge in [-0.05, 0) is 81.0 Å². The van der Waals surface area contributed by atoms with E-state index in [-0.39, 0.29) is 24.8 Å². The predicted octanol–water partition coefficient (Wildman–Crippen LogP) is 5.07. The summed E-state index contributed by atoms with van der Waals surface area (Å²) < 4.78 is 34.3. The number of sulfonamides is 1. The standard InChI is InChI=1S/C38H47N5O6S/c1-37(20-21-37)50(47,48)42-36(46)38-19-17-26(24-38)11-5-2-3-8-16-31(40-28-13-6-4-7-14-28)35(45)43-25-29(23-32(43)33(44)41-38)49-34-30-15-10-9-12-27(30)18-22-39-34/h4,6-7,9-10,12-15,18,22,26,29,31-32,40H,2-3,5,8,11,16-17,19-21,23-25H2,1H3,(H,41,44)(H,42,46)/t26?,29-,31+,32+,38-/m1/s1. The number of carbonyl (C=O) groups excluding carboxylic acids is 3. The minimum absolute atomic E-state index is 0.156. The lowest BCUT2D eigenvalue weighted by molar-refractivity contribution is -0.141. The van der Waals surface area contributed by atoms with Crippen LogP contribution in [0.2, 0.25) is 0 Å². The number of nitrogens with one attached hydrogen (secondary N) is 3. The first-order valence-electron chi connectivity index (χ1n) is 18.1. The maximum atomic E-state index is 14.6. The lowest BCUT2D eigenvalue weighted by Crippen LogP contribution is -2.62. The van der Waals surface area contributed by atoms with Crippen LogP contribution in [0.3, 0.4) is 0 Å². The van der Waals surface area contributed by atoms with E-state index in [1.54, 1.807) is 18.0 Å². The first kappa shape index (κ1) is 34.3. The number of amides is 3. The van der Waals surface area contributed by atoms with Gasteiger partial charge in [-0.25, -0.2) is 13.4 Å². The highest BCUT2D eigenvalue weighted by Crippen LogP contribution is 2.44. The zero-order valence-corrected chi connectivity index (χ0v) is 29.4. The summed E-state index contributed by atoms with van der Waals surface area (Å²) in [4.78, 5) is 49.2. The molecule has 0 radical (unpaired) electrons. The first-order valence-corrected chi connectivity index (χ1v) is 19.6. The Labute approximate surface area is 294 Å². The molecule has 2 aliphatic heterocycles. The van der Waals surface area contributed by atoms with Gasteiger partial charge in [0.2, 0.25) is 27.7 Å². The quantitative estimate of drug-likeness (QED) is 0.310. The monoisotopic (exact) mass is 701 g/mol. The van der Waals surface area contributed by atoms with Crippen molar-refractivity contribution in [1.82, 2.24) is 19.9 Å². The average Bonchev–Trinajstić information content (AvgIpc) is 3.54. The third-order valence-corrected chi connectivity index (χ3v) is 13.4. The summed E-state index contributed by atoms with van der Waals surface area (Å²) in [5.41, 5.74) is -0.581. The molecular formula is C38H47N5O6S. The van der Waals surface area contributed by atoms with Crippen LogP contribution < -0.4 is 20.1 Å². The molecule has 4 aliphatic rings. The normalized spacial score (nSPS) is 28.5. The van der Waals surface area contributed by atoms with Gasteiger partial charge in [0.1, 0.15) is 23.7 Å². The number of anilines is 1. The van der Waals surface area contributed by atoms with Crippen molar-refractivity contribution in [1.29, 1.82) is 0 Å². The highest BCUT2D eigenvalue weighted by Gasteiger charge is 2.55. The van der Waals surface area contributed by atoms with E-state index in [0.717, 1.165) is 48.6 Å². The van der Waals surface area contributed by atoms with Crippen molar-refractivity contribution in [3.8, 4) is 5.88 Å². The Morgan fingerprint density at radius 2 is 1.68 bits per heavy atom. The Hall–Kier alpha value is -4.19. The Bertz CT molecular complexity index is 1850. The second kappa shape index (κ2) is 13.8. The second-order valence-electron chi connectivity index (χ2n) is 14.9. The molecule has 1 unspecified atom stereocenters. The third-order valence-electron chi connectivity index (χ3n) is 11.3. The van der Waals surface area contributed by atoms with Crippen molar-refractivity contribution in [3.05, 3.63) is 66.9 Å². The summed E-state index contributed by atoms with van der Waals surface area (Å²) in [7, 11) is -3.92. The van der Waals surface area contributed by atoms with Crippen LogP contribution in [0.15, 0.2) is 66.9 Å². The van der Waals surface area contributed by atoms with E-state index in [1.807, 2.05) is 60.7 Å². The molecule has 2 saturated heterocycles. The predicted molar refractivity (Wildman–Crippen MR) is 191 cm³/mol. The van der Waals surface area contributed by atoms with E-state index < -0.39 is 50.3 Å². The number of aromatic nitrogens is 1. The summed E-state index contributed by atoms with van der Waals surface area (Å²) in [5.74, 6) is -0.774. The summed E-state index contributed by atoms with van der Waals surface area (Å²) in [6.07, 6.45) is 8.94. The molecule has 2 saturated carbocycles. The molecule has 12 heteroatoms. The van der Waals surface area contributed by atoms with E-state index in [0.29, 0.717) is 44.4 Å². The average molecular weight is 702 g/mol. The Morgan fingerprint density at radius 1 is 0.940 bits per heavy atom. The molecule has 7 rings (SSSR count). The topological polar surface area (TPSA) is 147 Å². The summed E-state index contributed by atoms with van der Waals surface area (Å²) in [5, 5.41) is 8.28. The van der Waals surface area contributed by atoms with Crippen LogP contribution >= 0.6 is 0 Å². The fraction of sp³-hybridized carbons (Fsp3) is 0.526. The van der Waals surface area contributed by atoms with Gasteiger partial charge in [-0.15, -0.1) is 0 Å². The molecule has 3 aromatic rings. The highest BCUT2D eigenvalue weighted by molar-refractivity contribution is 7.91. The molecule has 5 atom stereocenters. The van der Waals surface area contributed by atoms with Crippen molar-refractivity contribution >= 4 is 44.2 Å². The van der Waals surface area contributed by atoms with Crippen LogP contribution in [0.1, 0.15) is 84.0 Å². The first-order chi connectivity index (χ1) is 24.1. The van der Waals surface area contributed by atoms with Crippen LogP contribution in [0.4, 0.5) is 5.69 Å². The SMILES string of the molecule is CC1(S(=O)(=O)NC(=O)[C@]23CCC(CCCCCC[C@H](Nc4ccccc4)C(=O)N4C[C@H](Oc5nccc6ccccc56)C[C@H]4C(=O)N2)C3)CC1. The largest absolute Gasteiger partial charge is 0.472 e. The number of ether oxygens (including phenoxy) is 1. The van der Waals surface area contributed by atoms with E-state index in [9.17, 15) is 22.8 Å². The molecule has 50 heavy (non-hydrogen) atoms. The molecule has 3 amide bonds. The molecule has 1 aromatic heterocycles. The molecule has 3 heterocycles. The number of benzene rings is 2. The molecule has 2 aromatic carbocycles. The molecular weight excluding hydrogens is 655 g/mol. The van der Waals surface area contributed by atoms with Crippen LogP contribution in [0.25, 0.3) is 10.8 Å². The molecule has 11 nitrogen and oxygen atoms in total. The van der Waals surface area contributed by atoms with Gasteiger partial charge in [0.15, 0.2) is 0 Å². The van der Waals surface area contributed by atoms with Crippen molar-refractivity contribution in [3.63, 3.8) is 0 Å². The van der Waals surface area contributed by atoms with Gasteiger partial charge < -0.3 is 20.3 Å². The zero-order valence-electron chi connectivity index (χ0n) is 28.6. The number of carbonyl (C=O) groups is 3. The third kappa shape index (κ3) is 7.04. The highest BCUT2D eigenvalue weighted by atomic mass is 32.2. The maximum absolute atomic E-state index is 14.6. The van der Waals surface area contributed by atoms with Gasteiger partial charge in [-0.3, -0.25) is 19.1 Å². The van der Waals surface area contributed by atoms with Crippen molar-refractivity contribution < 1.29 is 27.5 Å². The molecule has 4 fully saturated rings. The van der Waals surface area contributed by atoms with Crippen molar-refractivity contribution in [2.75, 3.05) is 11.9 Å². The number of fused-ring (bicyclic) bond motifs is 4. The summed E-state index contributed by atoms with van der Waals surface area (Å²) in [6, 6.07) is 17.7. The van der Waals surface area contributed by atoms with E-state index in [1.165, 1.54) is 0 Å². The summed E-state index contributed by atoms with van der Waals surface area (Å²) in [6.45, 7) is 1.79. The van der Waals surface area contributed by atoms with Crippen LogP contribution in [0.5, 0.6) is 5.88 Å². The lowest BCUT2D eigenvalue weighted by Gasteiger charge is -2.34. The number of rotatable bonds is 7. The fourth-order valence-electron chi connectivity index (χ4n) is 7.92. The van der Waals surface area contributed by atoms with Gasteiger partial charge in [0, 0.05) is 23.7 Å². The molecule has 2 aliphatic carbocycles. The molecule has 0 spiro atoms. The molecule has 2 bridgehead atoms. The number of pyridine rings is 1. The minimum Gasteiger partial charge on any atom is -0.472 e. The smallest absolute Gasteiger partial charge is 0.259 e. The fourth-order valence-corrected chi connectivity index (χ4v) is 9.25. The number of hydrogen-bond donors (Lipinski definition) is 3. The van der Waals surface area contributed by atoms with Crippen LogP contribution in [0, 0.1) is 5.92 Å². The number of nitrogens with zero attached hydrogens (tertiary/aromatic N) is 2. The Balaban J connectivity index is 1.20. The van der Waals surface area contributed by atoms with Gasteiger partial charge >= 0.3 is 0 Å².